The zero-order valence-electron chi connectivity index (χ0n) is 14.0. The number of fused-ring (bicyclic) bond motifs is 1. The Morgan fingerprint density at radius 3 is 2.62 bits per heavy atom. The van der Waals surface area contributed by atoms with Crippen molar-refractivity contribution in [3.63, 3.8) is 0 Å². The molecule has 1 aliphatic heterocycles. The number of aliphatic hydroxyl groups is 1. The summed E-state index contributed by atoms with van der Waals surface area (Å²) in [6.07, 6.45) is -4.71. The van der Waals surface area contributed by atoms with Crippen LogP contribution in [0.25, 0.3) is 10.9 Å². The largest absolute Gasteiger partial charge is 0.417 e. The number of hydrogen-bond acceptors (Lipinski definition) is 2. The lowest BCUT2D eigenvalue weighted by Crippen LogP contribution is -2.45. The van der Waals surface area contributed by atoms with Gasteiger partial charge in [-0.3, -0.25) is 4.90 Å². The van der Waals surface area contributed by atoms with Gasteiger partial charge in [-0.1, -0.05) is 6.07 Å². The van der Waals surface area contributed by atoms with Crippen molar-refractivity contribution in [1.82, 2.24) is 9.88 Å². The molecule has 1 aromatic carbocycles. The average Bonchev–Trinajstić information content (AvgIpc) is 2.75. The van der Waals surface area contributed by atoms with Gasteiger partial charge in [-0.15, -0.1) is 0 Å². The number of nitrogens with zero attached hydrogens (tertiary/aromatic N) is 1. The van der Waals surface area contributed by atoms with Gasteiger partial charge in [-0.25, -0.2) is 0 Å². The Kier molecular flexibility index (Phi) is 4.38. The van der Waals surface area contributed by atoms with E-state index < -0.39 is 11.8 Å². The average molecular weight is 340 g/mol. The first-order chi connectivity index (χ1) is 11.2. The van der Waals surface area contributed by atoms with E-state index >= 15 is 0 Å². The molecule has 1 atom stereocenters. The van der Waals surface area contributed by atoms with Crippen molar-refractivity contribution in [3.8, 4) is 0 Å². The number of aromatic nitrogens is 1. The molecule has 3 nitrogen and oxygen atoms in total. The number of H-pyrrole nitrogens is 1. The molecule has 1 unspecified atom stereocenters. The van der Waals surface area contributed by atoms with Gasteiger partial charge >= 0.3 is 6.18 Å². The first kappa shape index (κ1) is 17.3. The monoisotopic (exact) mass is 340 g/mol. The van der Waals surface area contributed by atoms with E-state index in [0.717, 1.165) is 16.6 Å². The highest BCUT2D eigenvalue weighted by atomic mass is 19.4. The Labute approximate surface area is 139 Å². The second kappa shape index (κ2) is 6.08. The third kappa shape index (κ3) is 3.30. The standard InChI is InChI=1S/C18H23F3N2O/c1-12-8-13(2)15-10-14(22-16(15)9-12)11-23-6-3-4-17(24,5-7-23)18(19,20)21/h8-10,22,24H,3-7,11H2,1-2H3. The van der Waals surface area contributed by atoms with E-state index in [1.165, 1.54) is 11.1 Å². The number of hydrogen-bond donors (Lipinski definition) is 2. The molecule has 0 aliphatic carbocycles. The summed E-state index contributed by atoms with van der Waals surface area (Å²) in [5, 5.41) is 11.0. The fraction of sp³-hybridized carbons (Fsp3) is 0.556. The number of nitrogens with one attached hydrogen (secondary N) is 1. The van der Waals surface area contributed by atoms with Crippen molar-refractivity contribution in [1.29, 1.82) is 0 Å². The second-order valence-electron chi connectivity index (χ2n) is 7.00. The van der Waals surface area contributed by atoms with E-state index in [1.54, 1.807) is 0 Å². The maximum absolute atomic E-state index is 13.0. The van der Waals surface area contributed by atoms with Gasteiger partial charge in [0.2, 0.25) is 0 Å². The smallest absolute Gasteiger partial charge is 0.380 e. The first-order valence-corrected chi connectivity index (χ1v) is 8.28. The fourth-order valence-electron chi connectivity index (χ4n) is 3.60. The summed E-state index contributed by atoms with van der Waals surface area (Å²) in [6, 6.07) is 6.27. The van der Waals surface area contributed by atoms with Crippen LogP contribution in [0.3, 0.4) is 0 Å². The summed E-state index contributed by atoms with van der Waals surface area (Å²) >= 11 is 0. The maximum atomic E-state index is 13.0. The molecule has 0 radical (unpaired) electrons. The minimum absolute atomic E-state index is 0.224. The normalized spacial score (nSPS) is 23.6. The molecule has 0 saturated carbocycles. The predicted octanol–water partition coefficient (Wildman–Crippen LogP) is 4.06. The quantitative estimate of drug-likeness (QED) is 0.865. The zero-order valence-corrected chi connectivity index (χ0v) is 14.0. The second-order valence-corrected chi connectivity index (χ2v) is 7.00. The number of rotatable bonds is 2. The molecular weight excluding hydrogens is 317 g/mol. The molecule has 1 aromatic heterocycles. The van der Waals surface area contributed by atoms with Crippen LogP contribution in [-0.2, 0) is 6.54 Å². The minimum atomic E-state index is -4.56. The van der Waals surface area contributed by atoms with Crippen molar-refractivity contribution in [2.45, 2.75) is 51.4 Å². The van der Waals surface area contributed by atoms with Gasteiger partial charge < -0.3 is 10.1 Å². The lowest BCUT2D eigenvalue weighted by Gasteiger charge is -2.29. The van der Waals surface area contributed by atoms with Crippen molar-refractivity contribution in [2.75, 3.05) is 13.1 Å². The van der Waals surface area contributed by atoms with Gasteiger partial charge in [0.1, 0.15) is 0 Å². The highest BCUT2D eigenvalue weighted by molar-refractivity contribution is 5.84. The molecule has 0 spiro atoms. The van der Waals surface area contributed by atoms with E-state index in [4.69, 9.17) is 0 Å². The summed E-state index contributed by atoms with van der Waals surface area (Å²) in [6.45, 7) is 5.47. The number of likely N-dealkylation sites (tertiary alicyclic amines) is 1. The Bertz CT molecular complexity index is 738. The Balaban J connectivity index is 1.74. The van der Waals surface area contributed by atoms with Crippen LogP contribution in [0, 0.1) is 13.8 Å². The van der Waals surface area contributed by atoms with Gasteiger partial charge in [0, 0.05) is 29.7 Å². The van der Waals surface area contributed by atoms with Gasteiger partial charge in [0.15, 0.2) is 5.60 Å². The molecule has 1 saturated heterocycles. The fourth-order valence-corrected chi connectivity index (χ4v) is 3.60. The van der Waals surface area contributed by atoms with E-state index in [9.17, 15) is 18.3 Å². The van der Waals surface area contributed by atoms with Crippen molar-refractivity contribution in [3.05, 3.63) is 35.0 Å². The van der Waals surface area contributed by atoms with E-state index in [1.807, 2.05) is 11.8 Å². The highest BCUT2D eigenvalue weighted by Gasteiger charge is 2.53. The Morgan fingerprint density at radius 1 is 1.17 bits per heavy atom. The molecule has 6 heteroatoms. The highest BCUT2D eigenvalue weighted by Crippen LogP contribution is 2.38. The molecule has 1 aliphatic rings. The number of aryl methyl sites for hydroxylation is 2. The third-order valence-corrected chi connectivity index (χ3v) is 4.97. The zero-order chi connectivity index (χ0) is 17.5. The van der Waals surface area contributed by atoms with E-state index in [0.29, 0.717) is 19.5 Å². The van der Waals surface area contributed by atoms with Gasteiger partial charge in [0.05, 0.1) is 0 Å². The van der Waals surface area contributed by atoms with Crippen LogP contribution in [0.15, 0.2) is 18.2 Å². The third-order valence-electron chi connectivity index (χ3n) is 4.97. The molecule has 2 heterocycles. The SMILES string of the molecule is Cc1cc(C)c2cc(CN3CCCC(O)(C(F)(F)F)CC3)[nH]c2c1. The number of halogens is 3. The Morgan fingerprint density at radius 2 is 1.92 bits per heavy atom. The summed E-state index contributed by atoms with van der Waals surface area (Å²) < 4.78 is 39.0. The predicted molar refractivity (Wildman–Crippen MR) is 87.9 cm³/mol. The van der Waals surface area contributed by atoms with Crippen LogP contribution in [-0.4, -0.2) is 39.9 Å². The number of aromatic amines is 1. The Hall–Kier alpha value is -1.53. The van der Waals surface area contributed by atoms with Crippen LogP contribution in [0.1, 0.15) is 36.1 Å². The molecule has 0 amide bonds. The van der Waals surface area contributed by atoms with Crippen LogP contribution < -0.4 is 0 Å². The van der Waals surface area contributed by atoms with Crippen LogP contribution >= 0.6 is 0 Å². The maximum Gasteiger partial charge on any atom is 0.417 e. The first-order valence-electron chi connectivity index (χ1n) is 8.28. The molecule has 3 rings (SSSR count). The molecule has 2 N–H and O–H groups in total. The minimum Gasteiger partial charge on any atom is -0.380 e. The van der Waals surface area contributed by atoms with Crippen LogP contribution in [0.5, 0.6) is 0 Å². The number of benzene rings is 1. The molecule has 1 fully saturated rings. The van der Waals surface area contributed by atoms with Crippen LogP contribution in [0.2, 0.25) is 0 Å². The summed E-state index contributed by atoms with van der Waals surface area (Å²) in [4.78, 5) is 5.35. The van der Waals surface area contributed by atoms with E-state index in [2.05, 4.69) is 30.1 Å². The van der Waals surface area contributed by atoms with Gasteiger partial charge in [-0.05, 0) is 62.9 Å². The molecular formula is C18H23F3N2O. The molecule has 24 heavy (non-hydrogen) atoms. The topological polar surface area (TPSA) is 39.3 Å². The molecule has 132 valence electrons. The summed E-state index contributed by atoms with van der Waals surface area (Å²) in [7, 11) is 0. The van der Waals surface area contributed by atoms with Crippen molar-refractivity contribution < 1.29 is 18.3 Å². The molecule has 2 aromatic rings. The molecule has 0 bridgehead atoms. The summed E-state index contributed by atoms with van der Waals surface area (Å²) in [5.41, 5.74) is 1.88. The van der Waals surface area contributed by atoms with Gasteiger partial charge in [-0.2, -0.15) is 13.2 Å². The van der Waals surface area contributed by atoms with E-state index in [-0.39, 0.29) is 19.4 Å². The van der Waals surface area contributed by atoms with Crippen molar-refractivity contribution in [2.24, 2.45) is 0 Å². The van der Waals surface area contributed by atoms with Crippen molar-refractivity contribution >= 4 is 10.9 Å². The van der Waals surface area contributed by atoms with Gasteiger partial charge in [0.25, 0.3) is 0 Å². The summed E-state index contributed by atoms with van der Waals surface area (Å²) in [5.74, 6) is 0. The van der Waals surface area contributed by atoms with Crippen LogP contribution in [0.4, 0.5) is 13.2 Å². The lowest BCUT2D eigenvalue weighted by molar-refractivity contribution is -0.263. The lowest BCUT2D eigenvalue weighted by atomic mass is 9.94. The number of alkyl halides is 3.